The summed E-state index contributed by atoms with van der Waals surface area (Å²) >= 11 is 0. The van der Waals surface area contributed by atoms with Gasteiger partial charge in [-0.3, -0.25) is 9.59 Å². The van der Waals surface area contributed by atoms with Crippen molar-refractivity contribution in [2.45, 2.75) is 32.3 Å². The molecule has 7 heteroatoms. The number of rotatable bonds is 8. The predicted octanol–water partition coefficient (Wildman–Crippen LogP) is 2.70. The number of anilines is 1. The first-order valence-electron chi connectivity index (χ1n) is 10.5. The predicted molar refractivity (Wildman–Crippen MR) is 118 cm³/mol. The van der Waals surface area contributed by atoms with Gasteiger partial charge < -0.3 is 20.7 Å². The van der Waals surface area contributed by atoms with Crippen LogP contribution in [-0.2, 0) is 16.0 Å². The van der Waals surface area contributed by atoms with Gasteiger partial charge >= 0.3 is 0 Å². The molecular weight excluding hydrogens is 392 g/mol. The van der Waals surface area contributed by atoms with Crippen molar-refractivity contribution in [3.05, 3.63) is 59.7 Å². The average Bonchev–Trinajstić information content (AvgIpc) is 2.79. The number of nitriles is 1. The van der Waals surface area contributed by atoms with Gasteiger partial charge in [-0.2, -0.15) is 5.26 Å². The zero-order chi connectivity index (χ0) is 22.2. The molecule has 0 radical (unpaired) electrons. The summed E-state index contributed by atoms with van der Waals surface area (Å²) in [5, 5.41) is 11.7. The number of primary amides is 1. The first-order chi connectivity index (χ1) is 14.9. The minimum Gasteiger partial charge on any atom is -0.481 e. The van der Waals surface area contributed by atoms with Crippen molar-refractivity contribution in [3.8, 4) is 11.8 Å². The van der Waals surface area contributed by atoms with Crippen molar-refractivity contribution in [1.82, 2.24) is 4.90 Å². The van der Waals surface area contributed by atoms with Crippen molar-refractivity contribution < 1.29 is 14.3 Å². The summed E-state index contributed by atoms with van der Waals surface area (Å²) in [6.45, 7) is 4.42. The number of ether oxygens (including phenoxy) is 1. The number of nitrogens with two attached hydrogens (primary N) is 1. The fraction of sp³-hybridized carbons (Fsp3) is 0.375. The molecule has 0 aromatic heterocycles. The first kappa shape index (κ1) is 22.3. The summed E-state index contributed by atoms with van der Waals surface area (Å²) < 4.78 is 5.64. The Bertz CT molecular complexity index is 927. The lowest BCUT2D eigenvalue weighted by molar-refractivity contribution is -0.123. The van der Waals surface area contributed by atoms with E-state index in [0.29, 0.717) is 17.0 Å². The number of piperidine rings is 1. The average molecular weight is 421 g/mol. The molecule has 1 atom stereocenters. The molecule has 3 rings (SSSR count). The number of amides is 2. The monoisotopic (exact) mass is 420 g/mol. The quantitative estimate of drug-likeness (QED) is 0.683. The molecule has 1 unspecified atom stereocenters. The molecule has 7 nitrogen and oxygen atoms in total. The van der Waals surface area contributed by atoms with Gasteiger partial charge in [-0.1, -0.05) is 12.1 Å². The van der Waals surface area contributed by atoms with Crippen molar-refractivity contribution >= 4 is 17.5 Å². The van der Waals surface area contributed by atoms with Gasteiger partial charge in [0.15, 0.2) is 6.10 Å². The number of carbonyl (C=O) groups excluding carboxylic acids is 2. The molecule has 1 aliphatic rings. The van der Waals surface area contributed by atoms with E-state index in [4.69, 9.17) is 15.7 Å². The molecule has 1 aliphatic heterocycles. The Hall–Kier alpha value is -3.37. The highest BCUT2D eigenvalue weighted by Gasteiger charge is 2.22. The third-order valence-corrected chi connectivity index (χ3v) is 5.59. The fourth-order valence-electron chi connectivity index (χ4n) is 3.59. The summed E-state index contributed by atoms with van der Waals surface area (Å²) in [4.78, 5) is 26.0. The molecule has 1 fully saturated rings. The Kier molecular flexibility index (Phi) is 7.63. The molecule has 3 N–H and O–H groups in total. The van der Waals surface area contributed by atoms with E-state index in [-0.39, 0.29) is 17.7 Å². The summed E-state index contributed by atoms with van der Waals surface area (Å²) in [6.07, 6.45) is 1.91. The van der Waals surface area contributed by atoms with Gasteiger partial charge in [0, 0.05) is 18.2 Å². The van der Waals surface area contributed by atoms with E-state index in [1.54, 1.807) is 31.2 Å². The van der Waals surface area contributed by atoms with Crippen LogP contribution in [0.3, 0.4) is 0 Å². The standard InChI is InChI=1S/C24H28N4O3/c1-17(31-22-8-4-19(16-25)5-9-22)24(30)27-21-6-2-18(3-7-21)10-13-28-14-11-20(12-15-28)23(26)29/h2-9,17,20H,10-15H2,1H3,(H2,26,29)(H,27,30). The van der Waals surface area contributed by atoms with E-state index in [1.807, 2.05) is 30.3 Å². The maximum Gasteiger partial charge on any atom is 0.265 e. The summed E-state index contributed by atoms with van der Waals surface area (Å²) in [5.41, 5.74) is 7.84. The van der Waals surface area contributed by atoms with Crippen molar-refractivity contribution in [1.29, 1.82) is 5.26 Å². The van der Waals surface area contributed by atoms with Gasteiger partial charge in [0.1, 0.15) is 5.75 Å². The topological polar surface area (TPSA) is 108 Å². The molecule has 162 valence electrons. The van der Waals surface area contributed by atoms with Crippen LogP contribution in [0.2, 0.25) is 0 Å². The molecule has 2 aromatic rings. The first-order valence-corrected chi connectivity index (χ1v) is 10.5. The van der Waals surface area contributed by atoms with E-state index in [2.05, 4.69) is 10.2 Å². The molecule has 2 amide bonds. The normalized spacial score (nSPS) is 15.6. The largest absolute Gasteiger partial charge is 0.481 e. The molecule has 1 saturated heterocycles. The second-order valence-electron chi connectivity index (χ2n) is 7.85. The number of benzene rings is 2. The maximum atomic E-state index is 12.4. The molecule has 0 spiro atoms. The highest BCUT2D eigenvalue weighted by molar-refractivity contribution is 5.94. The number of nitrogens with zero attached hydrogens (tertiary/aromatic N) is 2. The SMILES string of the molecule is CC(Oc1ccc(C#N)cc1)C(=O)Nc1ccc(CCN2CCC(C(N)=O)CC2)cc1. The Morgan fingerprint density at radius 1 is 1.16 bits per heavy atom. The maximum absolute atomic E-state index is 12.4. The van der Waals surface area contributed by atoms with E-state index in [9.17, 15) is 9.59 Å². The van der Waals surface area contributed by atoms with Crippen LogP contribution in [0.4, 0.5) is 5.69 Å². The molecule has 0 saturated carbocycles. The van der Waals surface area contributed by atoms with Crippen LogP contribution in [0.25, 0.3) is 0 Å². The van der Waals surface area contributed by atoms with E-state index < -0.39 is 6.10 Å². The van der Waals surface area contributed by atoms with Crippen LogP contribution in [-0.4, -0.2) is 42.5 Å². The minimum absolute atomic E-state index is 0.0161. The van der Waals surface area contributed by atoms with Crippen LogP contribution in [0.5, 0.6) is 5.75 Å². The Labute approximate surface area is 182 Å². The third-order valence-electron chi connectivity index (χ3n) is 5.59. The lowest BCUT2D eigenvalue weighted by atomic mass is 9.96. The second kappa shape index (κ2) is 10.6. The molecule has 31 heavy (non-hydrogen) atoms. The zero-order valence-corrected chi connectivity index (χ0v) is 17.7. The van der Waals surface area contributed by atoms with Crippen LogP contribution in [0.1, 0.15) is 30.9 Å². The fourth-order valence-corrected chi connectivity index (χ4v) is 3.59. The molecule has 1 heterocycles. The molecule has 2 aromatic carbocycles. The van der Waals surface area contributed by atoms with E-state index >= 15 is 0 Å². The van der Waals surface area contributed by atoms with Gasteiger partial charge in [-0.25, -0.2) is 0 Å². The van der Waals surface area contributed by atoms with Gasteiger partial charge in [0.05, 0.1) is 11.6 Å². The third kappa shape index (κ3) is 6.56. The van der Waals surface area contributed by atoms with Gasteiger partial charge in [-0.15, -0.1) is 0 Å². The van der Waals surface area contributed by atoms with Crippen LogP contribution in [0.15, 0.2) is 48.5 Å². The van der Waals surface area contributed by atoms with E-state index in [1.165, 1.54) is 5.56 Å². The summed E-state index contributed by atoms with van der Waals surface area (Å²) in [5.74, 6) is 0.127. The highest BCUT2D eigenvalue weighted by Crippen LogP contribution is 2.18. The molecule has 0 aliphatic carbocycles. The smallest absolute Gasteiger partial charge is 0.265 e. The number of likely N-dealkylation sites (tertiary alicyclic amines) is 1. The van der Waals surface area contributed by atoms with Crippen molar-refractivity contribution in [3.63, 3.8) is 0 Å². The van der Waals surface area contributed by atoms with Crippen LogP contribution in [0, 0.1) is 17.2 Å². The zero-order valence-electron chi connectivity index (χ0n) is 17.7. The Morgan fingerprint density at radius 3 is 2.39 bits per heavy atom. The van der Waals surface area contributed by atoms with Crippen molar-refractivity contribution in [2.24, 2.45) is 11.7 Å². The lowest BCUT2D eigenvalue weighted by Crippen LogP contribution is -2.39. The van der Waals surface area contributed by atoms with E-state index in [0.717, 1.165) is 38.9 Å². The molecular formula is C24H28N4O3. The van der Waals surface area contributed by atoms with Crippen LogP contribution >= 0.6 is 0 Å². The number of hydrogen-bond acceptors (Lipinski definition) is 5. The number of carbonyl (C=O) groups is 2. The summed E-state index contributed by atoms with van der Waals surface area (Å²) in [6, 6.07) is 16.5. The van der Waals surface area contributed by atoms with Gasteiger partial charge in [0.2, 0.25) is 5.91 Å². The Balaban J connectivity index is 1.43. The second-order valence-corrected chi connectivity index (χ2v) is 7.85. The summed E-state index contributed by atoms with van der Waals surface area (Å²) in [7, 11) is 0. The van der Waals surface area contributed by atoms with Gasteiger partial charge in [0.25, 0.3) is 5.91 Å². The minimum atomic E-state index is -0.670. The number of hydrogen-bond donors (Lipinski definition) is 2. The van der Waals surface area contributed by atoms with Gasteiger partial charge in [-0.05, 0) is 81.2 Å². The van der Waals surface area contributed by atoms with Crippen LogP contribution < -0.4 is 15.8 Å². The number of nitrogens with one attached hydrogen (secondary N) is 1. The van der Waals surface area contributed by atoms with Crippen molar-refractivity contribution in [2.75, 3.05) is 25.0 Å². The highest BCUT2D eigenvalue weighted by atomic mass is 16.5. The molecule has 0 bridgehead atoms. The Morgan fingerprint density at radius 2 is 1.81 bits per heavy atom. The lowest BCUT2D eigenvalue weighted by Gasteiger charge is -2.30.